The van der Waals surface area contributed by atoms with Gasteiger partial charge in [0.05, 0.1) is 11.5 Å². The number of hydrogen-bond donors (Lipinski definition) is 1. The van der Waals surface area contributed by atoms with Crippen molar-refractivity contribution in [2.45, 2.75) is 58.7 Å². The van der Waals surface area contributed by atoms with Crippen LogP contribution in [0.25, 0.3) is 0 Å². The van der Waals surface area contributed by atoms with Gasteiger partial charge in [-0.25, -0.2) is 4.79 Å². The Hall–Kier alpha value is -1.69. The zero-order valence-electron chi connectivity index (χ0n) is 15.7. The second kappa shape index (κ2) is 6.80. The Morgan fingerprint density at radius 3 is 2.77 bits per heavy atom. The number of carbonyl (C=O) groups excluding carboxylic acids is 3. The minimum Gasteiger partial charge on any atom is -0.465 e. The molecule has 6 atom stereocenters. The van der Waals surface area contributed by atoms with Crippen LogP contribution < -0.4 is 0 Å². The van der Waals surface area contributed by atoms with Crippen LogP contribution in [0.5, 0.6) is 0 Å². The first-order chi connectivity index (χ1) is 12.2. The second-order valence-electron chi connectivity index (χ2n) is 8.63. The van der Waals surface area contributed by atoms with E-state index in [0.717, 1.165) is 0 Å². The Balaban J connectivity index is 1.90. The SMILES string of the molecule is C=C1C(=O)OC2CC(C)C3C(O)CC(=O)C3(COC(=O)CC(C)C)CC12. The molecule has 6 nitrogen and oxygen atoms in total. The first-order valence-electron chi connectivity index (χ1n) is 9.42. The summed E-state index contributed by atoms with van der Waals surface area (Å²) in [4.78, 5) is 37.0. The van der Waals surface area contributed by atoms with Crippen molar-refractivity contribution in [2.24, 2.45) is 29.1 Å². The third-order valence-electron chi connectivity index (χ3n) is 6.29. The number of carbonyl (C=O) groups is 3. The second-order valence-corrected chi connectivity index (χ2v) is 8.63. The molecule has 2 saturated carbocycles. The molecule has 3 aliphatic rings. The fourth-order valence-corrected chi connectivity index (χ4v) is 5.13. The fraction of sp³-hybridized carbons (Fsp3) is 0.750. The fourth-order valence-electron chi connectivity index (χ4n) is 5.13. The van der Waals surface area contributed by atoms with Crippen molar-refractivity contribution in [3.8, 4) is 0 Å². The van der Waals surface area contributed by atoms with Crippen LogP contribution in [0.15, 0.2) is 12.2 Å². The van der Waals surface area contributed by atoms with Crippen molar-refractivity contribution >= 4 is 17.7 Å². The van der Waals surface area contributed by atoms with E-state index < -0.39 is 17.5 Å². The lowest BCUT2D eigenvalue weighted by Crippen LogP contribution is -2.43. The van der Waals surface area contributed by atoms with Crippen LogP contribution in [0, 0.1) is 29.1 Å². The molecule has 144 valence electrons. The van der Waals surface area contributed by atoms with Crippen LogP contribution in [0.4, 0.5) is 0 Å². The number of ketones is 1. The molecule has 0 aromatic heterocycles. The van der Waals surface area contributed by atoms with Gasteiger partial charge in [0.1, 0.15) is 18.5 Å². The summed E-state index contributed by atoms with van der Waals surface area (Å²) in [7, 11) is 0. The molecule has 0 bridgehead atoms. The van der Waals surface area contributed by atoms with Gasteiger partial charge in [-0.1, -0.05) is 27.4 Å². The predicted octanol–water partition coefficient (Wildman–Crippen LogP) is 2.04. The average molecular weight is 364 g/mol. The lowest BCUT2D eigenvalue weighted by atomic mass is 9.68. The van der Waals surface area contributed by atoms with Crippen LogP contribution in [0.2, 0.25) is 0 Å². The van der Waals surface area contributed by atoms with Gasteiger partial charge in [0.25, 0.3) is 0 Å². The van der Waals surface area contributed by atoms with Gasteiger partial charge in [-0.2, -0.15) is 0 Å². The van der Waals surface area contributed by atoms with E-state index in [-0.39, 0.29) is 61.0 Å². The highest BCUT2D eigenvalue weighted by Gasteiger charge is 2.61. The molecule has 2 aliphatic carbocycles. The van der Waals surface area contributed by atoms with E-state index in [1.807, 2.05) is 20.8 Å². The topological polar surface area (TPSA) is 89.9 Å². The number of ether oxygens (including phenoxy) is 2. The molecule has 1 heterocycles. The number of aliphatic hydroxyl groups excluding tert-OH is 1. The highest BCUT2D eigenvalue weighted by atomic mass is 16.6. The Bertz CT molecular complexity index is 638. The molecule has 1 N–H and O–H groups in total. The summed E-state index contributed by atoms with van der Waals surface area (Å²) in [5, 5.41) is 10.6. The number of hydrogen-bond acceptors (Lipinski definition) is 6. The summed E-state index contributed by atoms with van der Waals surface area (Å²) in [6, 6.07) is 0. The van der Waals surface area contributed by atoms with Crippen LogP contribution >= 0.6 is 0 Å². The molecule has 0 aromatic rings. The van der Waals surface area contributed by atoms with Gasteiger partial charge in [0.2, 0.25) is 0 Å². The molecule has 0 radical (unpaired) electrons. The Morgan fingerprint density at radius 2 is 2.12 bits per heavy atom. The van der Waals surface area contributed by atoms with Crippen LogP contribution in [-0.2, 0) is 23.9 Å². The van der Waals surface area contributed by atoms with Crippen molar-refractivity contribution in [1.82, 2.24) is 0 Å². The smallest absolute Gasteiger partial charge is 0.334 e. The van der Waals surface area contributed by atoms with E-state index in [9.17, 15) is 19.5 Å². The summed E-state index contributed by atoms with van der Waals surface area (Å²) in [6.45, 7) is 9.63. The molecule has 0 aromatic carbocycles. The van der Waals surface area contributed by atoms with Crippen LogP contribution in [0.3, 0.4) is 0 Å². The lowest BCUT2D eigenvalue weighted by molar-refractivity contribution is -0.153. The standard InChI is InChI=1S/C20H28O6/c1-10(2)5-17(23)25-9-20-8-13-12(4)19(24)26-15(13)6-11(3)18(20)14(21)7-16(20)22/h10-11,13-15,18,21H,4-9H2,1-3H3. The Labute approximate surface area is 153 Å². The molecular formula is C20H28O6. The molecule has 3 fully saturated rings. The quantitative estimate of drug-likeness (QED) is 0.606. The first-order valence-corrected chi connectivity index (χ1v) is 9.42. The van der Waals surface area contributed by atoms with Gasteiger partial charge < -0.3 is 14.6 Å². The summed E-state index contributed by atoms with van der Waals surface area (Å²) >= 11 is 0. The summed E-state index contributed by atoms with van der Waals surface area (Å²) < 4.78 is 11.0. The van der Waals surface area contributed by atoms with Crippen molar-refractivity contribution in [1.29, 1.82) is 0 Å². The zero-order chi connectivity index (χ0) is 19.2. The van der Waals surface area contributed by atoms with Crippen molar-refractivity contribution < 1.29 is 29.0 Å². The maximum absolute atomic E-state index is 12.9. The number of Topliss-reactive ketones (excluding diaryl/α,β-unsaturated/α-hetero) is 1. The lowest BCUT2D eigenvalue weighted by Gasteiger charge is -2.36. The van der Waals surface area contributed by atoms with Gasteiger partial charge in [0, 0.05) is 30.3 Å². The van der Waals surface area contributed by atoms with E-state index in [4.69, 9.17) is 9.47 Å². The number of esters is 2. The van der Waals surface area contributed by atoms with E-state index >= 15 is 0 Å². The number of rotatable bonds is 4. The zero-order valence-corrected chi connectivity index (χ0v) is 15.7. The Morgan fingerprint density at radius 1 is 1.42 bits per heavy atom. The number of aliphatic hydroxyl groups is 1. The van der Waals surface area contributed by atoms with Crippen molar-refractivity contribution in [3.05, 3.63) is 12.2 Å². The third-order valence-corrected chi connectivity index (χ3v) is 6.29. The monoisotopic (exact) mass is 364 g/mol. The van der Waals surface area contributed by atoms with E-state index in [1.165, 1.54) is 0 Å². The molecule has 6 unspecified atom stereocenters. The Kier molecular flexibility index (Phi) is 4.99. The summed E-state index contributed by atoms with van der Waals surface area (Å²) in [5.41, 5.74) is -0.591. The first kappa shape index (κ1) is 19.1. The highest BCUT2D eigenvalue weighted by molar-refractivity contribution is 5.92. The van der Waals surface area contributed by atoms with Gasteiger partial charge >= 0.3 is 11.9 Å². The van der Waals surface area contributed by atoms with Gasteiger partial charge in [-0.3, -0.25) is 9.59 Å². The maximum Gasteiger partial charge on any atom is 0.334 e. The molecule has 6 heteroatoms. The highest BCUT2D eigenvalue weighted by Crippen LogP contribution is 2.55. The largest absolute Gasteiger partial charge is 0.465 e. The minimum atomic E-state index is -0.970. The van der Waals surface area contributed by atoms with E-state index in [2.05, 4.69) is 6.58 Å². The molecule has 0 amide bonds. The normalized spacial score (nSPS) is 39.4. The molecule has 26 heavy (non-hydrogen) atoms. The van der Waals surface area contributed by atoms with Crippen molar-refractivity contribution in [2.75, 3.05) is 6.61 Å². The summed E-state index contributed by atoms with van der Waals surface area (Å²) in [6.07, 6.45) is 0.180. The minimum absolute atomic E-state index is 0.0334. The molecule has 1 aliphatic heterocycles. The predicted molar refractivity (Wildman–Crippen MR) is 92.9 cm³/mol. The van der Waals surface area contributed by atoms with Crippen LogP contribution in [0.1, 0.15) is 46.5 Å². The van der Waals surface area contributed by atoms with E-state index in [0.29, 0.717) is 18.4 Å². The van der Waals surface area contributed by atoms with Gasteiger partial charge in [-0.05, 0) is 24.7 Å². The molecule has 0 spiro atoms. The average Bonchev–Trinajstić information content (AvgIpc) is 2.87. The van der Waals surface area contributed by atoms with Crippen molar-refractivity contribution in [3.63, 3.8) is 0 Å². The van der Waals surface area contributed by atoms with E-state index in [1.54, 1.807) is 0 Å². The molecular weight excluding hydrogens is 336 g/mol. The van der Waals surface area contributed by atoms with Gasteiger partial charge in [-0.15, -0.1) is 0 Å². The number of fused-ring (bicyclic) bond motifs is 2. The summed E-state index contributed by atoms with van der Waals surface area (Å²) in [5.74, 6) is -1.29. The molecule has 3 rings (SSSR count). The molecule has 1 saturated heterocycles. The van der Waals surface area contributed by atoms with Crippen LogP contribution in [-0.4, -0.2) is 41.6 Å². The maximum atomic E-state index is 12.9. The van der Waals surface area contributed by atoms with Gasteiger partial charge in [0.15, 0.2) is 0 Å². The third kappa shape index (κ3) is 3.08.